The minimum Gasteiger partial charge on any atom is -0.507 e. The van der Waals surface area contributed by atoms with Crippen LogP contribution in [-0.2, 0) is 25.6 Å². The summed E-state index contributed by atoms with van der Waals surface area (Å²) in [4.78, 5) is 51.1. The Morgan fingerprint density at radius 3 is 2.26 bits per heavy atom. The Morgan fingerprint density at radius 1 is 1.03 bits per heavy atom. The van der Waals surface area contributed by atoms with Crippen LogP contribution in [0.4, 0.5) is 0 Å². The number of carbonyl (C=O) groups is 4. The number of carbonyl (C=O) groups excluding carboxylic acids is 3. The number of rotatable bonds is 3. The van der Waals surface area contributed by atoms with Crippen molar-refractivity contribution in [1.29, 1.82) is 0 Å². The Hall–Kier alpha value is -4.12. The second kappa shape index (κ2) is 9.79. The van der Waals surface area contributed by atoms with Crippen LogP contribution in [0.25, 0.3) is 11.1 Å². The van der Waals surface area contributed by atoms with Gasteiger partial charge in [0.15, 0.2) is 0 Å². The number of aromatic hydroxyl groups is 2. The average Bonchev–Trinajstić information content (AvgIpc) is 2.79. The highest BCUT2D eigenvalue weighted by molar-refractivity contribution is 5.94. The molecule has 7 N–H and O–H groups in total. The normalized spacial score (nSPS) is 20.5. The lowest BCUT2D eigenvalue weighted by Crippen LogP contribution is -2.53. The Kier molecular flexibility index (Phi) is 7.06. The molecule has 2 aromatic carbocycles. The summed E-state index contributed by atoms with van der Waals surface area (Å²) in [5.41, 5.74) is 6.61. The molecular weight excluding hydrogens is 444 g/mol. The summed E-state index contributed by atoms with van der Waals surface area (Å²) in [7, 11) is 1.37. The van der Waals surface area contributed by atoms with E-state index in [-0.39, 0.29) is 35.6 Å². The summed E-state index contributed by atoms with van der Waals surface area (Å²) in [6.45, 7) is 1.02. The van der Waals surface area contributed by atoms with Gasteiger partial charge in [0, 0.05) is 24.6 Å². The third-order valence-electron chi connectivity index (χ3n) is 5.70. The van der Waals surface area contributed by atoms with Gasteiger partial charge in [-0.05, 0) is 42.3 Å². The maximum absolute atomic E-state index is 13.2. The number of hydrogen-bond donors (Lipinski definition) is 6. The van der Waals surface area contributed by atoms with E-state index in [0.717, 1.165) is 4.90 Å². The average molecular weight is 470 g/mol. The number of likely N-dealkylation sites (N-methyl/N-ethyl adjacent to an activating group) is 1. The van der Waals surface area contributed by atoms with Crippen LogP contribution >= 0.6 is 0 Å². The SMILES string of the molecule is C[C@@H]1NC(=O)[C@@H](N(C)C(=O)CN)c2ccc(O)c(c2)-c2cc(ccc2O)C[C@@H](C(=O)O)NC1=O. The van der Waals surface area contributed by atoms with Gasteiger partial charge < -0.3 is 36.6 Å². The maximum atomic E-state index is 13.2. The molecule has 0 aromatic heterocycles. The standard InChI is InChI=1S/C23H26N4O7/c1-11-21(31)26-16(23(33)34)8-12-3-5-17(28)14(7-12)15-9-13(4-6-18(15)29)20(22(32)25-11)27(2)19(30)10-24/h3-7,9,11,16,20,28-29H,8,10,24H2,1-2H3,(H,25,32)(H,26,31)(H,33,34)/t11-,16-,20-/m0/s1. The number of fused-ring (bicyclic) bond motifs is 5. The van der Waals surface area contributed by atoms with E-state index in [0.29, 0.717) is 11.1 Å². The fraction of sp³-hybridized carbons (Fsp3) is 0.304. The first-order chi connectivity index (χ1) is 16.0. The lowest BCUT2D eigenvalue weighted by Gasteiger charge is -2.29. The van der Waals surface area contributed by atoms with Crippen molar-refractivity contribution >= 4 is 23.7 Å². The zero-order chi connectivity index (χ0) is 25.2. The number of nitrogens with one attached hydrogen (secondary N) is 2. The van der Waals surface area contributed by atoms with Gasteiger partial charge in [-0.2, -0.15) is 0 Å². The minimum absolute atomic E-state index is 0.105. The topological polar surface area (TPSA) is 182 Å². The van der Waals surface area contributed by atoms with Gasteiger partial charge >= 0.3 is 5.97 Å². The second-order valence-corrected chi connectivity index (χ2v) is 8.07. The van der Waals surface area contributed by atoms with E-state index >= 15 is 0 Å². The van der Waals surface area contributed by atoms with Crippen LogP contribution in [0.1, 0.15) is 24.1 Å². The van der Waals surface area contributed by atoms with E-state index in [1.807, 2.05) is 0 Å². The number of phenolic OH excluding ortho intramolecular Hbond substituents is 2. The van der Waals surface area contributed by atoms with Gasteiger partial charge in [0.1, 0.15) is 29.6 Å². The van der Waals surface area contributed by atoms with Crippen LogP contribution in [0, 0.1) is 0 Å². The van der Waals surface area contributed by atoms with Crippen LogP contribution in [-0.4, -0.2) is 69.6 Å². The Labute approximate surface area is 195 Å². The zero-order valence-electron chi connectivity index (χ0n) is 18.6. The van der Waals surface area contributed by atoms with Gasteiger partial charge in [-0.3, -0.25) is 14.4 Å². The lowest BCUT2D eigenvalue weighted by molar-refractivity contribution is -0.142. The predicted molar refractivity (Wildman–Crippen MR) is 121 cm³/mol. The first-order valence-corrected chi connectivity index (χ1v) is 10.5. The zero-order valence-corrected chi connectivity index (χ0v) is 18.6. The Balaban J connectivity index is 2.24. The summed E-state index contributed by atoms with van der Waals surface area (Å²) in [5.74, 6) is -3.68. The van der Waals surface area contributed by atoms with Gasteiger partial charge in [-0.25, -0.2) is 4.79 Å². The number of carboxylic acid groups (broad SMARTS) is 1. The fourth-order valence-corrected chi connectivity index (χ4v) is 3.79. The van der Waals surface area contributed by atoms with E-state index in [4.69, 9.17) is 5.73 Å². The highest BCUT2D eigenvalue weighted by atomic mass is 16.4. The molecule has 2 aromatic rings. The van der Waals surface area contributed by atoms with Gasteiger partial charge in [0.2, 0.25) is 17.7 Å². The second-order valence-electron chi connectivity index (χ2n) is 8.07. The Bertz CT molecular complexity index is 1150. The highest BCUT2D eigenvalue weighted by Crippen LogP contribution is 2.38. The molecule has 1 aliphatic heterocycles. The third kappa shape index (κ3) is 4.94. The van der Waals surface area contributed by atoms with Crippen LogP contribution in [0.2, 0.25) is 0 Å². The summed E-state index contributed by atoms with van der Waals surface area (Å²) < 4.78 is 0. The molecule has 3 rings (SSSR count). The summed E-state index contributed by atoms with van der Waals surface area (Å²) >= 11 is 0. The smallest absolute Gasteiger partial charge is 0.326 e. The maximum Gasteiger partial charge on any atom is 0.326 e. The van der Waals surface area contributed by atoms with Crippen molar-refractivity contribution in [1.82, 2.24) is 15.5 Å². The van der Waals surface area contributed by atoms with Crippen molar-refractivity contribution in [3.63, 3.8) is 0 Å². The third-order valence-corrected chi connectivity index (χ3v) is 5.70. The molecule has 0 unspecified atom stereocenters. The molecule has 0 saturated heterocycles. The predicted octanol–water partition coefficient (Wildman–Crippen LogP) is -0.147. The molecule has 0 fully saturated rings. The van der Waals surface area contributed by atoms with E-state index in [1.54, 1.807) is 0 Å². The van der Waals surface area contributed by atoms with Crippen molar-refractivity contribution in [2.75, 3.05) is 13.6 Å². The van der Waals surface area contributed by atoms with Crippen LogP contribution in [0.5, 0.6) is 11.5 Å². The molecule has 0 radical (unpaired) electrons. The molecule has 1 aliphatic rings. The molecule has 11 heteroatoms. The summed E-state index contributed by atoms with van der Waals surface area (Å²) in [5, 5.41) is 35.5. The lowest BCUT2D eigenvalue weighted by atomic mass is 9.94. The number of aliphatic carboxylic acids is 1. The van der Waals surface area contributed by atoms with E-state index < -0.39 is 41.8 Å². The first kappa shape index (κ1) is 24.5. The fourth-order valence-electron chi connectivity index (χ4n) is 3.79. The molecule has 180 valence electrons. The number of hydrogen-bond acceptors (Lipinski definition) is 7. The molecule has 3 atom stereocenters. The Morgan fingerprint density at radius 2 is 1.65 bits per heavy atom. The number of nitrogens with zero attached hydrogens (tertiary/aromatic N) is 1. The molecule has 3 amide bonds. The van der Waals surface area contributed by atoms with Gasteiger partial charge in [0.05, 0.1) is 6.54 Å². The van der Waals surface area contributed by atoms with Crippen LogP contribution in [0.15, 0.2) is 36.4 Å². The van der Waals surface area contributed by atoms with Crippen molar-refractivity contribution < 1.29 is 34.5 Å². The monoisotopic (exact) mass is 470 g/mol. The molecule has 0 saturated carbocycles. The number of phenols is 2. The number of carboxylic acids is 1. The van der Waals surface area contributed by atoms with Gasteiger partial charge in [0.25, 0.3) is 0 Å². The molecule has 0 aliphatic carbocycles. The quantitative estimate of drug-likeness (QED) is 0.358. The summed E-state index contributed by atoms with van der Waals surface area (Å²) in [6, 6.07) is 4.91. The summed E-state index contributed by atoms with van der Waals surface area (Å²) in [6.07, 6.45) is -0.105. The highest BCUT2D eigenvalue weighted by Gasteiger charge is 2.32. The number of amides is 3. The molecule has 34 heavy (non-hydrogen) atoms. The van der Waals surface area contributed by atoms with Crippen molar-refractivity contribution in [3.8, 4) is 22.6 Å². The van der Waals surface area contributed by atoms with E-state index in [2.05, 4.69) is 10.6 Å². The number of nitrogens with two attached hydrogens (primary N) is 1. The van der Waals surface area contributed by atoms with Crippen molar-refractivity contribution in [2.24, 2.45) is 5.73 Å². The molecule has 0 spiro atoms. The minimum atomic E-state index is -1.32. The van der Waals surface area contributed by atoms with Gasteiger partial charge in [-0.15, -0.1) is 0 Å². The van der Waals surface area contributed by atoms with Crippen LogP contribution < -0.4 is 16.4 Å². The molecular formula is C23H26N4O7. The van der Waals surface area contributed by atoms with E-state index in [9.17, 15) is 34.5 Å². The van der Waals surface area contributed by atoms with Crippen LogP contribution in [0.3, 0.4) is 0 Å². The van der Waals surface area contributed by atoms with E-state index in [1.165, 1.54) is 50.4 Å². The molecule has 4 bridgehead atoms. The van der Waals surface area contributed by atoms with Crippen molar-refractivity contribution in [3.05, 3.63) is 47.5 Å². The molecule has 11 nitrogen and oxygen atoms in total. The largest absolute Gasteiger partial charge is 0.507 e. The van der Waals surface area contributed by atoms with Gasteiger partial charge in [-0.1, -0.05) is 12.1 Å². The number of benzene rings is 2. The molecule has 1 heterocycles. The first-order valence-electron chi connectivity index (χ1n) is 10.5. The van der Waals surface area contributed by atoms with Crippen molar-refractivity contribution in [2.45, 2.75) is 31.5 Å².